The highest BCUT2D eigenvalue weighted by Gasteiger charge is 2.47. The fourth-order valence-electron chi connectivity index (χ4n) is 2.44. The number of rotatable bonds is 7. The Hall–Kier alpha value is 0.0400. The van der Waals surface area contributed by atoms with Gasteiger partial charge >= 0.3 is 5.97 Å². The minimum atomic E-state index is -1.15. The van der Waals surface area contributed by atoms with E-state index in [2.05, 4.69) is 0 Å². The molecule has 1 N–H and O–H groups in total. The third-order valence-corrected chi connectivity index (χ3v) is 5.71. The Morgan fingerprint density at radius 2 is 2.17 bits per heavy atom. The van der Waals surface area contributed by atoms with E-state index in [1.54, 1.807) is 6.92 Å². The fourth-order valence-corrected chi connectivity index (χ4v) is 3.90. The Morgan fingerprint density at radius 1 is 1.46 bits per heavy atom. The Morgan fingerprint density at radius 3 is 2.79 bits per heavy atom. The Bertz CT molecular complexity index is 554. The van der Waals surface area contributed by atoms with E-state index in [0.29, 0.717) is 0 Å². The van der Waals surface area contributed by atoms with Gasteiger partial charge in [-0.1, -0.05) is 30.3 Å². The van der Waals surface area contributed by atoms with Gasteiger partial charge in [0.1, 0.15) is 12.2 Å². The summed E-state index contributed by atoms with van der Waals surface area (Å²) in [4.78, 5) is 11.4. The molecule has 2 rings (SSSR count). The highest BCUT2D eigenvalue weighted by Crippen LogP contribution is 2.40. The number of halogens is 1. The summed E-state index contributed by atoms with van der Waals surface area (Å²) in [5.41, 5.74) is 0.934. The molecular weight excluding hydrogens is 466 g/mol. The van der Waals surface area contributed by atoms with Crippen molar-refractivity contribution < 1.29 is 28.3 Å². The SMILES string of the molecule is [3H]P(I)SO[C@@H]1O[C@H](C)[C@H](OC(C)=O)C(OCc2ccccc2)C1O. The summed E-state index contributed by atoms with van der Waals surface area (Å²) in [5.74, 6) is -0.475. The van der Waals surface area contributed by atoms with Gasteiger partial charge in [0.15, 0.2) is 12.4 Å². The quantitative estimate of drug-likeness (QED) is 0.274. The number of aliphatic hydroxyl groups excluding tert-OH is 1. The van der Waals surface area contributed by atoms with Crippen LogP contribution in [0.4, 0.5) is 0 Å². The van der Waals surface area contributed by atoms with E-state index in [1.807, 2.05) is 52.4 Å². The maximum atomic E-state index is 11.4. The molecule has 1 aliphatic heterocycles. The second-order valence-corrected chi connectivity index (χ2v) is 10.2. The maximum absolute atomic E-state index is 11.4. The molecule has 6 nitrogen and oxygen atoms in total. The second kappa shape index (κ2) is 10.3. The van der Waals surface area contributed by atoms with E-state index in [9.17, 15) is 9.90 Å². The molecular formula is C15H20IO6PS. The number of hydrogen-bond donors (Lipinski definition) is 1. The summed E-state index contributed by atoms with van der Waals surface area (Å²) in [6.07, 6.45) is -4.19. The molecule has 1 aliphatic rings. The predicted molar refractivity (Wildman–Crippen MR) is 102 cm³/mol. The average Bonchev–Trinajstić information content (AvgIpc) is 2.56. The first kappa shape index (κ1) is 18.8. The number of aliphatic hydroxyl groups is 1. The lowest BCUT2D eigenvalue weighted by Gasteiger charge is -2.42. The highest BCUT2D eigenvalue weighted by atomic mass is 127. The number of esters is 1. The Kier molecular flexibility index (Phi) is 8.04. The van der Waals surface area contributed by atoms with Crippen LogP contribution in [0.2, 0.25) is 0 Å². The molecule has 6 atom stereocenters. The molecule has 0 spiro atoms. The molecule has 0 bridgehead atoms. The van der Waals surface area contributed by atoms with Crippen molar-refractivity contribution >= 4 is 45.0 Å². The first-order chi connectivity index (χ1) is 11.9. The zero-order chi connectivity index (χ0) is 18.4. The largest absolute Gasteiger partial charge is 0.457 e. The van der Waals surface area contributed by atoms with Gasteiger partial charge in [-0.15, -0.1) is 0 Å². The molecule has 24 heavy (non-hydrogen) atoms. The fraction of sp³-hybridized carbons (Fsp3) is 0.533. The van der Waals surface area contributed by atoms with Crippen LogP contribution in [0.5, 0.6) is 0 Å². The first-order valence-electron chi connectivity index (χ1n) is 7.77. The Balaban J connectivity index is 2.09. The molecule has 1 aromatic carbocycles. The van der Waals surface area contributed by atoms with Crippen molar-refractivity contribution in [2.24, 2.45) is 0 Å². The van der Waals surface area contributed by atoms with E-state index in [-0.39, 0.29) is 6.61 Å². The summed E-state index contributed by atoms with van der Waals surface area (Å²) < 4.78 is 29.7. The first-order valence-corrected chi connectivity index (χ1v) is 12.4. The van der Waals surface area contributed by atoms with Gasteiger partial charge in [-0.3, -0.25) is 8.98 Å². The van der Waals surface area contributed by atoms with Crippen molar-refractivity contribution in [3.05, 3.63) is 35.9 Å². The third-order valence-electron chi connectivity index (χ3n) is 3.50. The molecule has 0 aliphatic carbocycles. The van der Waals surface area contributed by atoms with Gasteiger partial charge in [0.05, 0.1) is 14.0 Å². The molecule has 0 amide bonds. The lowest BCUT2D eigenvalue weighted by Crippen LogP contribution is -2.59. The molecule has 3 unspecified atom stereocenters. The van der Waals surface area contributed by atoms with Crippen LogP contribution in [0.1, 0.15) is 19.4 Å². The number of ether oxygens (including phenoxy) is 3. The van der Waals surface area contributed by atoms with Crippen LogP contribution in [0.25, 0.3) is 0 Å². The molecule has 1 aromatic rings. The predicted octanol–water partition coefficient (Wildman–Crippen LogP) is 3.22. The van der Waals surface area contributed by atoms with Crippen LogP contribution in [0, 0.1) is 0 Å². The summed E-state index contributed by atoms with van der Waals surface area (Å²) >= 11 is 2.88. The van der Waals surface area contributed by atoms with E-state index in [1.165, 1.54) is 6.92 Å². The highest BCUT2D eigenvalue weighted by molar-refractivity contribution is 14.2. The van der Waals surface area contributed by atoms with Gasteiger partial charge in [-0.05, 0) is 34.5 Å². The van der Waals surface area contributed by atoms with Crippen molar-refractivity contribution in [2.45, 2.75) is 51.2 Å². The zero-order valence-electron chi connectivity index (χ0n) is 14.2. The molecule has 0 radical (unpaired) electrons. The normalized spacial score (nSPS) is 32.0. The second-order valence-electron chi connectivity index (χ2n) is 5.28. The van der Waals surface area contributed by atoms with E-state index < -0.39 is 42.0 Å². The molecule has 1 fully saturated rings. The van der Waals surface area contributed by atoms with Crippen LogP contribution >= 0.6 is 39.1 Å². The smallest absolute Gasteiger partial charge is 0.303 e. The van der Waals surface area contributed by atoms with Crippen LogP contribution < -0.4 is 0 Å². The van der Waals surface area contributed by atoms with Crippen LogP contribution in [0.3, 0.4) is 0 Å². The average molecular weight is 488 g/mol. The van der Waals surface area contributed by atoms with E-state index in [0.717, 1.165) is 17.2 Å². The van der Waals surface area contributed by atoms with Crippen molar-refractivity contribution in [3.8, 4) is 0 Å². The van der Waals surface area contributed by atoms with Gasteiger partial charge < -0.3 is 19.3 Å². The van der Waals surface area contributed by atoms with Crippen molar-refractivity contribution in [3.63, 3.8) is 0 Å². The standard InChI is InChI=1S/C15H20IO6PS/c1-9-13(21-10(2)17)14(12(18)15(20-9)22-24-23-16)19-8-11-6-4-3-5-7-11/h3-7,9,12-15,18,23H,8H2,1-2H3/t9-,12?,13+,14?,15+,23?/m1/s1/i23T. The third kappa shape index (κ3) is 5.79. The number of hydrogen-bond acceptors (Lipinski definition) is 7. The van der Waals surface area contributed by atoms with Crippen molar-refractivity contribution in [1.82, 2.24) is 0 Å². The molecule has 1 saturated heterocycles. The number of carbonyl (C=O) groups is 1. The van der Waals surface area contributed by atoms with Crippen LogP contribution in [-0.4, -0.2) is 43.1 Å². The minimum Gasteiger partial charge on any atom is -0.457 e. The van der Waals surface area contributed by atoms with Crippen LogP contribution in [0.15, 0.2) is 30.3 Å². The zero-order valence-corrected chi connectivity index (χ0v) is 17.1. The minimum absolute atomic E-state index is 0.254. The number of benzene rings is 1. The van der Waals surface area contributed by atoms with E-state index >= 15 is 0 Å². The van der Waals surface area contributed by atoms with Gasteiger partial charge in [-0.2, -0.15) is 0 Å². The van der Waals surface area contributed by atoms with Crippen molar-refractivity contribution in [1.29, 1.82) is 1.28 Å². The molecule has 1 heterocycles. The van der Waals surface area contributed by atoms with Crippen LogP contribution in [-0.2, 0) is 29.8 Å². The summed E-state index contributed by atoms with van der Waals surface area (Å²) in [6.45, 7) is 3.28. The topological polar surface area (TPSA) is 74.2 Å². The molecule has 0 aromatic heterocycles. The number of carbonyl (C=O) groups excluding carboxylic acids is 1. The Labute approximate surface area is 161 Å². The summed E-state index contributed by atoms with van der Waals surface area (Å²) in [7, 11) is 0. The maximum Gasteiger partial charge on any atom is 0.303 e. The van der Waals surface area contributed by atoms with Gasteiger partial charge in [0.2, 0.25) is 0 Å². The lowest BCUT2D eigenvalue weighted by molar-refractivity contribution is -0.279. The molecule has 134 valence electrons. The monoisotopic (exact) mass is 488 g/mol. The van der Waals surface area contributed by atoms with Gasteiger partial charge in [-0.25, -0.2) is 0 Å². The summed E-state index contributed by atoms with van der Waals surface area (Å²) in [6, 6.07) is 9.50. The van der Waals surface area contributed by atoms with E-state index in [4.69, 9.17) is 19.7 Å². The summed E-state index contributed by atoms with van der Waals surface area (Å²) in [5, 5.41) is 9.44. The van der Waals surface area contributed by atoms with Gasteiger partial charge in [0.25, 0.3) is 0 Å². The van der Waals surface area contributed by atoms with Crippen molar-refractivity contribution in [2.75, 3.05) is 0 Å². The molecule has 0 saturated carbocycles. The van der Waals surface area contributed by atoms with Gasteiger partial charge in [0, 0.05) is 24.0 Å². The lowest BCUT2D eigenvalue weighted by atomic mass is 9.99. The molecule has 9 heteroatoms.